The molecule has 0 unspecified atom stereocenters. The van der Waals surface area contributed by atoms with Crippen LogP contribution in [0.4, 0.5) is 0 Å². The normalized spacial score (nSPS) is 27.9. The van der Waals surface area contributed by atoms with Crippen LogP contribution in [0, 0.1) is 0 Å². The molecule has 0 aliphatic carbocycles. The van der Waals surface area contributed by atoms with E-state index in [1.807, 2.05) is 13.8 Å². The van der Waals surface area contributed by atoms with Crippen molar-refractivity contribution in [3.05, 3.63) is 0 Å². The lowest BCUT2D eigenvalue weighted by atomic mass is 10.1. The molecule has 1 rings (SSSR count). The lowest BCUT2D eigenvalue weighted by Crippen LogP contribution is -2.47. The van der Waals surface area contributed by atoms with Crippen LogP contribution in [0.3, 0.4) is 0 Å². The van der Waals surface area contributed by atoms with E-state index in [2.05, 4.69) is 0 Å². The van der Waals surface area contributed by atoms with Crippen LogP contribution < -0.4 is 0 Å². The van der Waals surface area contributed by atoms with Crippen molar-refractivity contribution in [2.24, 2.45) is 0 Å². The Labute approximate surface area is 107 Å². The van der Waals surface area contributed by atoms with Gasteiger partial charge in [0, 0.05) is 20.3 Å². The van der Waals surface area contributed by atoms with Crippen molar-refractivity contribution in [2.75, 3.05) is 6.61 Å². The average Bonchev–Trinajstić information content (AvgIpc) is 2.19. The molecule has 6 heteroatoms. The van der Waals surface area contributed by atoms with E-state index >= 15 is 0 Å². The van der Waals surface area contributed by atoms with Crippen molar-refractivity contribution in [3.8, 4) is 0 Å². The second-order valence-corrected chi connectivity index (χ2v) is 4.48. The van der Waals surface area contributed by atoms with E-state index in [1.54, 1.807) is 0 Å². The largest absolute Gasteiger partial charge is 0.458 e. The molecule has 1 aliphatic rings. The Balaban J connectivity index is 2.60. The van der Waals surface area contributed by atoms with E-state index in [-0.39, 0.29) is 12.7 Å². The van der Waals surface area contributed by atoms with E-state index < -0.39 is 30.4 Å². The lowest BCUT2D eigenvalue weighted by Gasteiger charge is -2.35. The van der Waals surface area contributed by atoms with Crippen LogP contribution in [0.2, 0.25) is 0 Å². The van der Waals surface area contributed by atoms with Gasteiger partial charge in [0.1, 0.15) is 6.10 Å². The van der Waals surface area contributed by atoms with Crippen molar-refractivity contribution >= 4 is 11.9 Å². The van der Waals surface area contributed by atoms with Gasteiger partial charge in [-0.05, 0) is 13.8 Å². The molecule has 1 aliphatic heterocycles. The second kappa shape index (κ2) is 6.70. The molecule has 6 nitrogen and oxygen atoms in total. The first-order valence-electron chi connectivity index (χ1n) is 6.00. The zero-order valence-electron chi connectivity index (χ0n) is 11.2. The third kappa shape index (κ3) is 5.01. The van der Waals surface area contributed by atoms with Gasteiger partial charge in [-0.25, -0.2) is 0 Å². The topological polar surface area (TPSA) is 71.1 Å². The first-order valence-corrected chi connectivity index (χ1v) is 6.00. The summed E-state index contributed by atoms with van der Waals surface area (Å²) in [5, 5.41) is 0. The SMILES string of the molecule is CC(=O)O[C@H]1CO[C@H](OC(C)C)C[C@H]1OC(C)=O. The molecule has 0 aromatic heterocycles. The molecule has 0 bridgehead atoms. The number of esters is 2. The summed E-state index contributed by atoms with van der Waals surface area (Å²) >= 11 is 0. The minimum atomic E-state index is -0.571. The summed E-state index contributed by atoms with van der Waals surface area (Å²) in [6.45, 7) is 6.57. The summed E-state index contributed by atoms with van der Waals surface area (Å²) in [7, 11) is 0. The summed E-state index contributed by atoms with van der Waals surface area (Å²) in [6, 6.07) is 0. The van der Waals surface area contributed by atoms with Gasteiger partial charge in [-0.1, -0.05) is 0 Å². The standard InChI is InChI=1S/C12H20O6/c1-7(2)16-12-5-10(17-8(3)13)11(6-15-12)18-9(4)14/h7,10-12H,5-6H2,1-4H3/t10-,11+,12-/m1/s1. The molecule has 0 aromatic carbocycles. The monoisotopic (exact) mass is 260 g/mol. The maximum atomic E-state index is 11.0. The zero-order valence-corrected chi connectivity index (χ0v) is 11.2. The van der Waals surface area contributed by atoms with Gasteiger partial charge in [0.05, 0.1) is 12.7 Å². The maximum absolute atomic E-state index is 11.0. The Hall–Kier alpha value is -1.14. The van der Waals surface area contributed by atoms with Crippen LogP contribution in [-0.4, -0.2) is 43.1 Å². The number of carbonyl (C=O) groups excluding carboxylic acids is 2. The molecule has 1 fully saturated rings. The highest BCUT2D eigenvalue weighted by Gasteiger charge is 2.36. The highest BCUT2D eigenvalue weighted by Crippen LogP contribution is 2.22. The van der Waals surface area contributed by atoms with Gasteiger partial charge in [0.15, 0.2) is 12.4 Å². The van der Waals surface area contributed by atoms with E-state index in [9.17, 15) is 9.59 Å². The number of rotatable bonds is 4. The van der Waals surface area contributed by atoms with Crippen LogP contribution in [0.5, 0.6) is 0 Å². The van der Waals surface area contributed by atoms with E-state index in [0.29, 0.717) is 6.42 Å². The Kier molecular flexibility index (Phi) is 5.55. The smallest absolute Gasteiger partial charge is 0.303 e. The molecule has 104 valence electrons. The maximum Gasteiger partial charge on any atom is 0.303 e. The minimum absolute atomic E-state index is 0.0123. The van der Waals surface area contributed by atoms with Gasteiger partial charge in [-0.3, -0.25) is 9.59 Å². The van der Waals surface area contributed by atoms with Crippen LogP contribution in [0.1, 0.15) is 34.1 Å². The van der Waals surface area contributed by atoms with Gasteiger partial charge < -0.3 is 18.9 Å². The number of ether oxygens (including phenoxy) is 4. The third-order valence-corrected chi connectivity index (χ3v) is 2.34. The van der Waals surface area contributed by atoms with Gasteiger partial charge >= 0.3 is 11.9 Å². The molecule has 0 amide bonds. The van der Waals surface area contributed by atoms with E-state index in [1.165, 1.54) is 13.8 Å². The van der Waals surface area contributed by atoms with Crippen LogP contribution in [0.25, 0.3) is 0 Å². The van der Waals surface area contributed by atoms with Crippen molar-refractivity contribution in [2.45, 2.75) is 58.7 Å². The molecule has 1 heterocycles. The number of hydrogen-bond donors (Lipinski definition) is 0. The van der Waals surface area contributed by atoms with Crippen molar-refractivity contribution in [1.29, 1.82) is 0 Å². The van der Waals surface area contributed by atoms with Crippen LogP contribution in [-0.2, 0) is 28.5 Å². The first kappa shape index (κ1) is 14.9. The summed E-state index contributed by atoms with van der Waals surface area (Å²) in [6.07, 6.45) is -1.17. The molecule has 3 atom stereocenters. The van der Waals surface area contributed by atoms with Crippen LogP contribution >= 0.6 is 0 Å². The molecular weight excluding hydrogens is 240 g/mol. The predicted octanol–water partition coefficient (Wildman–Crippen LogP) is 1.02. The quantitative estimate of drug-likeness (QED) is 0.703. The zero-order chi connectivity index (χ0) is 13.7. The summed E-state index contributed by atoms with van der Waals surface area (Å²) in [5.74, 6) is -0.841. The molecule has 0 N–H and O–H groups in total. The molecule has 0 spiro atoms. The Morgan fingerprint density at radius 1 is 1.11 bits per heavy atom. The molecule has 18 heavy (non-hydrogen) atoms. The van der Waals surface area contributed by atoms with Crippen LogP contribution in [0.15, 0.2) is 0 Å². The number of hydrogen-bond acceptors (Lipinski definition) is 6. The molecule has 0 radical (unpaired) electrons. The fraction of sp³-hybridized carbons (Fsp3) is 0.833. The average molecular weight is 260 g/mol. The second-order valence-electron chi connectivity index (χ2n) is 4.48. The fourth-order valence-corrected chi connectivity index (χ4v) is 1.78. The third-order valence-electron chi connectivity index (χ3n) is 2.34. The number of carbonyl (C=O) groups is 2. The molecule has 0 saturated carbocycles. The molecule has 1 saturated heterocycles. The summed E-state index contributed by atoms with van der Waals surface area (Å²) in [5.41, 5.74) is 0. The van der Waals surface area contributed by atoms with Gasteiger partial charge in [-0.15, -0.1) is 0 Å². The van der Waals surface area contributed by atoms with E-state index in [4.69, 9.17) is 18.9 Å². The van der Waals surface area contributed by atoms with Crippen molar-refractivity contribution in [1.82, 2.24) is 0 Å². The van der Waals surface area contributed by atoms with Gasteiger partial charge in [0.2, 0.25) is 0 Å². The Morgan fingerprint density at radius 2 is 1.67 bits per heavy atom. The fourth-order valence-electron chi connectivity index (χ4n) is 1.78. The Bertz CT molecular complexity index is 301. The lowest BCUT2D eigenvalue weighted by molar-refractivity contribution is -0.239. The summed E-state index contributed by atoms with van der Waals surface area (Å²) < 4.78 is 21.1. The van der Waals surface area contributed by atoms with Gasteiger partial charge in [0.25, 0.3) is 0 Å². The summed E-state index contributed by atoms with van der Waals surface area (Å²) in [4.78, 5) is 22.0. The van der Waals surface area contributed by atoms with Gasteiger partial charge in [-0.2, -0.15) is 0 Å². The molecule has 0 aromatic rings. The minimum Gasteiger partial charge on any atom is -0.458 e. The highest BCUT2D eigenvalue weighted by atomic mass is 16.7. The highest BCUT2D eigenvalue weighted by molar-refractivity contribution is 5.67. The van der Waals surface area contributed by atoms with E-state index in [0.717, 1.165) is 0 Å². The van der Waals surface area contributed by atoms with Crippen molar-refractivity contribution < 1.29 is 28.5 Å². The van der Waals surface area contributed by atoms with Crippen molar-refractivity contribution in [3.63, 3.8) is 0 Å². The predicted molar refractivity (Wildman–Crippen MR) is 61.7 cm³/mol. The Morgan fingerprint density at radius 3 is 2.17 bits per heavy atom. The first-order chi connectivity index (χ1) is 8.38. The molecular formula is C12H20O6.